The first-order valence-electron chi connectivity index (χ1n) is 10.5. The normalized spacial score (nSPS) is 25.0. The van der Waals surface area contributed by atoms with Crippen LogP contribution in [-0.2, 0) is 25.8 Å². The molecule has 3 heterocycles. The van der Waals surface area contributed by atoms with E-state index in [1.165, 1.54) is 4.90 Å². The summed E-state index contributed by atoms with van der Waals surface area (Å²) in [5.74, 6) is -0.513. The molecule has 0 spiro atoms. The second kappa shape index (κ2) is 9.16. The van der Waals surface area contributed by atoms with E-state index in [4.69, 9.17) is 14.8 Å². The van der Waals surface area contributed by atoms with Crippen LogP contribution < -0.4 is 0 Å². The molecule has 3 atom stereocenters. The smallest absolute Gasteiger partial charge is 0.410 e. The van der Waals surface area contributed by atoms with E-state index in [-0.39, 0.29) is 30.4 Å². The average molecular weight is 424 g/mol. The Morgan fingerprint density at radius 2 is 1.81 bits per heavy atom. The lowest BCUT2D eigenvalue weighted by atomic mass is 10.0. The summed E-state index contributed by atoms with van der Waals surface area (Å²) in [6.07, 6.45) is 1.33. The third-order valence-corrected chi connectivity index (χ3v) is 5.91. The van der Waals surface area contributed by atoms with Gasteiger partial charge in [-0.1, -0.05) is 35.5 Å². The fraction of sp³-hybridized carbons (Fsp3) is 0.500. The van der Waals surface area contributed by atoms with Crippen molar-refractivity contribution in [1.29, 1.82) is 5.26 Å². The molecule has 1 aromatic carbocycles. The summed E-state index contributed by atoms with van der Waals surface area (Å²) in [5.41, 5.74) is 1.07. The second-order valence-electron chi connectivity index (χ2n) is 7.91. The Labute approximate surface area is 180 Å². The first-order chi connectivity index (χ1) is 15.1. The van der Waals surface area contributed by atoms with Gasteiger partial charge in [-0.2, -0.15) is 5.26 Å². The molecule has 9 nitrogen and oxygen atoms in total. The highest BCUT2D eigenvalue weighted by Crippen LogP contribution is 2.27. The van der Waals surface area contributed by atoms with E-state index in [9.17, 15) is 14.4 Å². The van der Waals surface area contributed by atoms with Crippen LogP contribution in [0.5, 0.6) is 0 Å². The number of amides is 2. The Kier molecular flexibility index (Phi) is 6.16. The zero-order valence-electron chi connectivity index (χ0n) is 17.1. The third kappa shape index (κ3) is 4.38. The minimum atomic E-state index is -0.755. The molecule has 9 heteroatoms. The summed E-state index contributed by atoms with van der Waals surface area (Å²) in [6.45, 7) is 1.04. The van der Waals surface area contributed by atoms with Gasteiger partial charge < -0.3 is 14.5 Å². The summed E-state index contributed by atoms with van der Waals surface area (Å²) >= 11 is 0. The SMILES string of the molecule is N#CC1CC(C(=O)[C@@H]2CCCN2C(=O)[C@@H]2CCCN2C(=O)OCc2ccccc2)=NO1. The van der Waals surface area contributed by atoms with Gasteiger partial charge in [0.25, 0.3) is 0 Å². The van der Waals surface area contributed by atoms with Gasteiger partial charge in [0.05, 0.1) is 12.5 Å². The van der Waals surface area contributed by atoms with Crippen molar-refractivity contribution < 1.29 is 24.0 Å². The summed E-state index contributed by atoms with van der Waals surface area (Å²) < 4.78 is 5.42. The molecule has 0 N–H and O–H groups in total. The monoisotopic (exact) mass is 424 g/mol. The Morgan fingerprint density at radius 3 is 2.52 bits per heavy atom. The van der Waals surface area contributed by atoms with Gasteiger partial charge in [0.1, 0.15) is 24.4 Å². The number of benzene rings is 1. The first-order valence-corrected chi connectivity index (χ1v) is 10.5. The van der Waals surface area contributed by atoms with Crippen LogP contribution in [0.4, 0.5) is 4.79 Å². The molecule has 31 heavy (non-hydrogen) atoms. The number of carbonyl (C=O) groups excluding carboxylic acids is 3. The number of likely N-dealkylation sites (tertiary alicyclic amines) is 2. The fourth-order valence-electron chi connectivity index (χ4n) is 4.32. The predicted molar refractivity (Wildman–Crippen MR) is 109 cm³/mol. The van der Waals surface area contributed by atoms with Crippen LogP contribution >= 0.6 is 0 Å². The number of Topliss-reactive ketones (excluding diaryl/α,β-unsaturated/α-hetero) is 1. The van der Waals surface area contributed by atoms with Gasteiger partial charge >= 0.3 is 6.09 Å². The topological polar surface area (TPSA) is 112 Å². The van der Waals surface area contributed by atoms with Gasteiger partial charge in [0, 0.05) is 13.1 Å². The molecule has 0 aromatic heterocycles. The lowest BCUT2D eigenvalue weighted by Crippen LogP contribution is -2.51. The van der Waals surface area contributed by atoms with Crippen molar-refractivity contribution >= 4 is 23.5 Å². The molecule has 0 bridgehead atoms. The number of rotatable bonds is 5. The maximum Gasteiger partial charge on any atom is 0.410 e. The Morgan fingerprint density at radius 1 is 1.10 bits per heavy atom. The molecule has 2 fully saturated rings. The number of nitriles is 1. The number of hydrogen-bond donors (Lipinski definition) is 0. The van der Waals surface area contributed by atoms with Crippen LogP contribution in [0.2, 0.25) is 0 Å². The van der Waals surface area contributed by atoms with Gasteiger partial charge in [0.2, 0.25) is 17.8 Å². The van der Waals surface area contributed by atoms with E-state index in [2.05, 4.69) is 5.16 Å². The van der Waals surface area contributed by atoms with E-state index >= 15 is 0 Å². The van der Waals surface area contributed by atoms with Crippen LogP contribution in [0.15, 0.2) is 35.5 Å². The van der Waals surface area contributed by atoms with Gasteiger partial charge in [-0.3, -0.25) is 14.5 Å². The highest BCUT2D eigenvalue weighted by atomic mass is 16.6. The molecule has 3 aliphatic heterocycles. The summed E-state index contributed by atoms with van der Waals surface area (Å²) in [5, 5.41) is 12.7. The number of ether oxygens (including phenoxy) is 1. The van der Waals surface area contributed by atoms with Crippen LogP contribution in [0, 0.1) is 11.3 Å². The molecule has 2 amide bonds. The predicted octanol–water partition coefficient (Wildman–Crippen LogP) is 2.02. The van der Waals surface area contributed by atoms with Crippen molar-refractivity contribution in [2.24, 2.45) is 5.16 Å². The fourth-order valence-corrected chi connectivity index (χ4v) is 4.32. The van der Waals surface area contributed by atoms with Crippen molar-refractivity contribution in [3.63, 3.8) is 0 Å². The molecule has 4 rings (SSSR count). The number of carbonyl (C=O) groups is 3. The Balaban J connectivity index is 1.39. The molecule has 3 aliphatic rings. The molecule has 0 saturated carbocycles. The van der Waals surface area contributed by atoms with Crippen LogP contribution in [-0.4, -0.2) is 64.6 Å². The van der Waals surface area contributed by atoms with E-state index in [0.717, 1.165) is 5.56 Å². The molecular weight excluding hydrogens is 400 g/mol. The zero-order chi connectivity index (χ0) is 21.8. The van der Waals surface area contributed by atoms with Crippen LogP contribution in [0.25, 0.3) is 0 Å². The third-order valence-electron chi connectivity index (χ3n) is 5.91. The lowest BCUT2D eigenvalue weighted by Gasteiger charge is -2.30. The van der Waals surface area contributed by atoms with E-state index in [0.29, 0.717) is 38.8 Å². The quantitative estimate of drug-likeness (QED) is 0.715. The summed E-state index contributed by atoms with van der Waals surface area (Å²) in [6, 6.07) is 10.0. The standard InChI is InChI=1S/C22H24N4O5/c23-13-16-12-17(24-31-16)20(27)18-8-4-10-25(18)21(28)19-9-5-11-26(19)22(29)30-14-15-6-2-1-3-7-15/h1-3,6-7,16,18-19H,4-5,8-12,14H2/t16?,18-,19-/m0/s1. The van der Waals surface area contributed by atoms with Crippen molar-refractivity contribution in [2.75, 3.05) is 13.1 Å². The molecule has 1 unspecified atom stereocenters. The van der Waals surface area contributed by atoms with Crippen molar-refractivity contribution in [2.45, 2.75) is 56.9 Å². The second-order valence-corrected chi connectivity index (χ2v) is 7.91. The van der Waals surface area contributed by atoms with E-state index < -0.39 is 24.3 Å². The summed E-state index contributed by atoms with van der Waals surface area (Å²) in [7, 11) is 0. The highest BCUT2D eigenvalue weighted by Gasteiger charge is 2.44. The number of oxime groups is 1. The lowest BCUT2D eigenvalue weighted by molar-refractivity contribution is -0.139. The number of ketones is 1. The van der Waals surface area contributed by atoms with Gasteiger partial charge in [0.15, 0.2) is 0 Å². The largest absolute Gasteiger partial charge is 0.445 e. The first kappa shape index (κ1) is 20.8. The van der Waals surface area contributed by atoms with Gasteiger partial charge in [-0.25, -0.2) is 4.79 Å². The van der Waals surface area contributed by atoms with Crippen LogP contribution in [0.3, 0.4) is 0 Å². The van der Waals surface area contributed by atoms with Crippen LogP contribution in [0.1, 0.15) is 37.7 Å². The van der Waals surface area contributed by atoms with E-state index in [1.807, 2.05) is 36.4 Å². The molecule has 0 radical (unpaired) electrons. The van der Waals surface area contributed by atoms with Gasteiger partial charge in [-0.15, -0.1) is 0 Å². The molecule has 0 aliphatic carbocycles. The summed E-state index contributed by atoms with van der Waals surface area (Å²) in [4.78, 5) is 46.8. The van der Waals surface area contributed by atoms with Crippen molar-refractivity contribution in [3.05, 3.63) is 35.9 Å². The highest BCUT2D eigenvalue weighted by molar-refractivity contribution is 6.42. The molecule has 2 saturated heterocycles. The zero-order valence-corrected chi connectivity index (χ0v) is 17.1. The minimum absolute atomic E-state index is 0.134. The van der Waals surface area contributed by atoms with Gasteiger partial charge in [-0.05, 0) is 31.2 Å². The molecule has 162 valence electrons. The Hall–Kier alpha value is -3.41. The molecule has 1 aromatic rings. The van der Waals surface area contributed by atoms with Crippen molar-refractivity contribution in [3.8, 4) is 6.07 Å². The maximum atomic E-state index is 13.3. The average Bonchev–Trinajstić information content (AvgIpc) is 3.57. The maximum absolute atomic E-state index is 13.3. The minimum Gasteiger partial charge on any atom is -0.445 e. The number of nitrogens with zero attached hydrogens (tertiary/aromatic N) is 4. The Bertz CT molecular complexity index is 926. The van der Waals surface area contributed by atoms with Crippen molar-refractivity contribution in [1.82, 2.24) is 9.80 Å². The van der Waals surface area contributed by atoms with E-state index in [1.54, 1.807) is 4.90 Å². The molecular formula is C22H24N4O5. The number of hydrogen-bond acceptors (Lipinski definition) is 7.